The number of benzene rings is 2. The van der Waals surface area contributed by atoms with E-state index in [1.807, 2.05) is 18.2 Å². The highest BCUT2D eigenvalue weighted by Gasteiger charge is 2.29. The molecule has 7 nitrogen and oxygen atoms in total. The van der Waals surface area contributed by atoms with Gasteiger partial charge in [0.15, 0.2) is 0 Å². The van der Waals surface area contributed by atoms with Crippen LogP contribution in [0.25, 0.3) is 10.9 Å². The maximum Gasteiger partial charge on any atom is 0.389 e. The lowest BCUT2D eigenvalue weighted by atomic mass is 10.1. The molecule has 36 heavy (non-hydrogen) atoms. The van der Waals surface area contributed by atoms with Crippen molar-refractivity contribution in [1.29, 1.82) is 0 Å². The molecule has 2 N–H and O–H groups in total. The molecule has 2 aliphatic heterocycles. The lowest BCUT2D eigenvalue weighted by Crippen LogP contribution is -2.33. The van der Waals surface area contributed by atoms with Crippen molar-refractivity contribution in [2.75, 3.05) is 26.2 Å². The lowest BCUT2D eigenvalue weighted by Gasteiger charge is -2.26. The number of likely N-dealkylation sites (tertiary alicyclic amines) is 1. The van der Waals surface area contributed by atoms with E-state index in [1.54, 1.807) is 4.90 Å². The Morgan fingerprint density at radius 3 is 2.64 bits per heavy atom. The number of amides is 1. The van der Waals surface area contributed by atoms with Crippen LogP contribution in [-0.2, 0) is 19.5 Å². The Kier molecular flexibility index (Phi) is 6.79. The molecule has 0 bridgehead atoms. The van der Waals surface area contributed by atoms with Gasteiger partial charge in [-0.3, -0.25) is 14.8 Å². The SMILES string of the molecule is O=C(c1cc2c(CCC(F)(F)F)[nH]nc2cc1O)N1Cc2ccc(OCCN3CCCCC3)cc2C1. The number of piperidine rings is 1. The summed E-state index contributed by atoms with van der Waals surface area (Å²) in [5, 5.41) is 17.5. The summed E-state index contributed by atoms with van der Waals surface area (Å²) in [6.07, 6.45) is -1.82. The highest BCUT2D eigenvalue weighted by Crippen LogP contribution is 2.33. The number of aromatic hydroxyl groups is 1. The van der Waals surface area contributed by atoms with Crippen molar-refractivity contribution in [3.8, 4) is 11.5 Å². The van der Waals surface area contributed by atoms with E-state index in [9.17, 15) is 23.1 Å². The number of fused-ring (bicyclic) bond motifs is 2. The first-order valence-electron chi connectivity index (χ1n) is 12.3. The maximum absolute atomic E-state index is 13.3. The van der Waals surface area contributed by atoms with Gasteiger partial charge < -0.3 is 14.7 Å². The van der Waals surface area contributed by atoms with Gasteiger partial charge in [-0.2, -0.15) is 18.3 Å². The number of H-pyrrole nitrogens is 1. The Balaban J connectivity index is 1.25. The smallest absolute Gasteiger partial charge is 0.389 e. The minimum atomic E-state index is -4.30. The molecule has 192 valence electrons. The summed E-state index contributed by atoms with van der Waals surface area (Å²) in [5.74, 6) is 0.122. The fourth-order valence-electron chi connectivity index (χ4n) is 4.98. The van der Waals surface area contributed by atoms with Gasteiger partial charge in [0.05, 0.1) is 11.1 Å². The Morgan fingerprint density at radius 1 is 1.08 bits per heavy atom. The van der Waals surface area contributed by atoms with Gasteiger partial charge in [0.25, 0.3) is 5.91 Å². The highest BCUT2D eigenvalue weighted by molar-refractivity contribution is 6.01. The van der Waals surface area contributed by atoms with E-state index < -0.39 is 12.6 Å². The van der Waals surface area contributed by atoms with Crippen molar-refractivity contribution >= 4 is 16.8 Å². The minimum absolute atomic E-state index is 0.0444. The molecule has 0 spiro atoms. The number of hydrogen-bond donors (Lipinski definition) is 2. The number of rotatable bonds is 7. The summed E-state index contributed by atoms with van der Waals surface area (Å²) in [4.78, 5) is 17.3. The number of phenols is 1. The van der Waals surface area contributed by atoms with Crippen molar-refractivity contribution in [3.63, 3.8) is 0 Å². The minimum Gasteiger partial charge on any atom is -0.507 e. The summed E-state index contributed by atoms with van der Waals surface area (Å²) in [7, 11) is 0. The first kappa shape index (κ1) is 24.4. The number of carbonyl (C=O) groups excluding carboxylic acids is 1. The standard InChI is InChI=1S/C26H29F3N4O3/c27-26(28,29)7-6-22-20-13-21(24(34)14-23(20)31-30-22)25(35)33-15-17-4-5-19(12-18(17)16-33)36-11-10-32-8-2-1-3-9-32/h4-5,12-14,34H,1-3,6-11,15-16H2,(H,30,31). The second-order valence-electron chi connectivity index (χ2n) is 9.55. The van der Waals surface area contributed by atoms with Gasteiger partial charge in [-0.15, -0.1) is 0 Å². The van der Waals surface area contributed by atoms with Gasteiger partial charge in [-0.1, -0.05) is 12.5 Å². The van der Waals surface area contributed by atoms with Crippen LogP contribution in [0.3, 0.4) is 0 Å². The number of carbonyl (C=O) groups is 1. The van der Waals surface area contributed by atoms with Crippen molar-refractivity contribution in [2.24, 2.45) is 0 Å². The zero-order chi connectivity index (χ0) is 25.3. The molecular weight excluding hydrogens is 473 g/mol. The van der Waals surface area contributed by atoms with Gasteiger partial charge in [0, 0.05) is 43.2 Å². The zero-order valence-electron chi connectivity index (χ0n) is 19.9. The van der Waals surface area contributed by atoms with Crippen molar-refractivity contribution in [1.82, 2.24) is 20.0 Å². The largest absolute Gasteiger partial charge is 0.507 e. The molecule has 3 aromatic rings. The van der Waals surface area contributed by atoms with Gasteiger partial charge in [-0.25, -0.2) is 0 Å². The van der Waals surface area contributed by atoms with Crippen LogP contribution in [-0.4, -0.2) is 63.4 Å². The number of nitrogens with one attached hydrogen (secondary N) is 1. The van der Waals surface area contributed by atoms with E-state index in [4.69, 9.17) is 4.74 Å². The third-order valence-electron chi connectivity index (χ3n) is 6.95. The number of phenolic OH excluding ortho intramolecular Hbond substituents is 1. The predicted octanol–water partition coefficient (Wildman–Crippen LogP) is 4.78. The quantitative estimate of drug-likeness (QED) is 0.486. The number of hydrogen-bond acceptors (Lipinski definition) is 5. The summed E-state index contributed by atoms with van der Waals surface area (Å²) < 4.78 is 44.0. The molecule has 1 fully saturated rings. The second kappa shape index (κ2) is 10.0. The molecule has 5 rings (SSSR count). The van der Waals surface area contributed by atoms with E-state index in [0.717, 1.165) is 36.5 Å². The molecular formula is C26H29F3N4O3. The lowest BCUT2D eigenvalue weighted by molar-refractivity contribution is -0.134. The van der Waals surface area contributed by atoms with Crippen molar-refractivity contribution in [2.45, 2.75) is 51.4 Å². The molecule has 0 unspecified atom stereocenters. The molecule has 1 amide bonds. The molecule has 0 radical (unpaired) electrons. The van der Waals surface area contributed by atoms with E-state index in [-0.39, 0.29) is 29.3 Å². The number of aromatic amines is 1. The highest BCUT2D eigenvalue weighted by atomic mass is 19.4. The molecule has 0 aliphatic carbocycles. The van der Waals surface area contributed by atoms with E-state index in [2.05, 4.69) is 15.1 Å². The summed E-state index contributed by atoms with van der Waals surface area (Å²) >= 11 is 0. The number of ether oxygens (including phenoxy) is 1. The molecule has 0 atom stereocenters. The van der Waals surface area contributed by atoms with E-state index in [1.165, 1.54) is 31.4 Å². The van der Waals surface area contributed by atoms with Crippen molar-refractivity contribution < 1.29 is 27.8 Å². The average Bonchev–Trinajstić information content (AvgIpc) is 3.45. The van der Waals surface area contributed by atoms with Crippen LogP contribution in [0.5, 0.6) is 11.5 Å². The predicted molar refractivity (Wildman–Crippen MR) is 128 cm³/mol. The number of nitrogens with zero attached hydrogens (tertiary/aromatic N) is 3. The van der Waals surface area contributed by atoms with Crippen LogP contribution >= 0.6 is 0 Å². The third-order valence-corrected chi connectivity index (χ3v) is 6.95. The number of aromatic nitrogens is 2. The van der Waals surface area contributed by atoms with Crippen LogP contribution in [0, 0.1) is 0 Å². The van der Waals surface area contributed by atoms with E-state index >= 15 is 0 Å². The first-order valence-corrected chi connectivity index (χ1v) is 12.3. The van der Waals surface area contributed by atoms with Crippen LogP contribution in [0.2, 0.25) is 0 Å². The molecule has 10 heteroatoms. The zero-order valence-corrected chi connectivity index (χ0v) is 19.9. The second-order valence-corrected chi connectivity index (χ2v) is 9.55. The molecule has 2 aliphatic rings. The van der Waals surface area contributed by atoms with Crippen LogP contribution in [0.1, 0.15) is 52.9 Å². The fraction of sp³-hybridized carbons (Fsp3) is 0.462. The van der Waals surface area contributed by atoms with Crippen LogP contribution < -0.4 is 4.74 Å². The molecule has 3 heterocycles. The maximum atomic E-state index is 13.3. The van der Waals surface area contributed by atoms with Gasteiger partial charge in [-0.05, 0) is 61.7 Å². The van der Waals surface area contributed by atoms with Gasteiger partial charge >= 0.3 is 6.18 Å². The Hall–Kier alpha value is -3.27. The summed E-state index contributed by atoms with van der Waals surface area (Å²) in [6, 6.07) is 8.55. The van der Waals surface area contributed by atoms with E-state index in [0.29, 0.717) is 30.6 Å². The summed E-state index contributed by atoms with van der Waals surface area (Å²) in [6.45, 7) is 4.48. The Bertz CT molecular complexity index is 1250. The van der Waals surface area contributed by atoms with Gasteiger partial charge in [0.1, 0.15) is 18.1 Å². The topological polar surface area (TPSA) is 81.7 Å². The normalized spacial score (nSPS) is 16.5. The van der Waals surface area contributed by atoms with Crippen LogP contribution in [0.4, 0.5) is 13.2 Å². The van der Waals surface area contributed by atoms with Crippen LogP contribution in [0.15, 0.2) is 30.3 Å². The first-order chi connectivity index (χ1) is 17.3. The molecule has 1 saturated heterocycles. The number of aryl methyl sites for hydroxylation is 1. The fourth-order valence-corrected chi connectivity index (χ4v) is 4.98. The Morgan fingerprint density at radius 2 is 1.86 bits per heavy atom. The molecule has 1 aromatic heterocycles. The average molecular weight is 503 g/mol. The third kappa shape index (κ3) is 5.43. The molecule has 0 saturated carbocycles. The molecule has 2 aromatic carbocycles. The monoisotopic (exact) mass is 502 g/mol. The van der Waals surface area contributed by atoms with Crippen molar-refractivity contribution in [3.05, 3.63) is 52.7 Å². The summed E-state index contributed by atoms with van der Waals surface area (Å²) in [5.41, 5.74) is 2.63. The Labute approximate surface area is 206 Å². The number of halogens is 3. The number of alkyl halides is 3. The van der Waals surface area contributed by atoms with Gasteiger partial charge in [0.2, 0.25) is 0 Å².